The van der Waals surface area contributed by atoms with Crippen molar-refractivity contribution >= 4 is 23.6 Å². The number of nitrogens with one attached hydrogen (secondary N) is 2. The van der Waals surface area contributed by atoms with Gasteiger partial charge in [0.05, 0.1) is 5.75 Å². The lowest BCUT2D eigenvalue weighted by Gasteiger charge is -2.21. The molecule has 0 aromatic rings. The van der Waals surface area contributed by atoms with Gasteiger partial charge in [-0.15, -0.1) is 11.8 Å². The maximum atomic E-state index is 11.6. The van der Waals surface area contributed by atoms with E-state index < -0.39 is 0 Å². The minimum absolute atomic E-state index is 0.0417. The van der Waals surface area contributed by atoms with Gasteiger partial charge < -0.3 is 10.6 Å². The second kappa shape index (κ2) is 6.71. The Hall–Kier alpha value is -0.710. The molecule has 0 radical (unpaired) electrons. The highest BCUT2D eigenvalue weighted by Gasteiger charge is 2.24. The highest BCUT2D eigenvalue weighted by molar-refractivity contribution is 8.00. The number of carbonyl (C=O) groups is 2. The van der Waals surface area contributed by atoms with Crippen molar-refractivity contribution in [1.29, 1.82) is 0 Å². The average Bonchev–Trinajstić information content (AvgIpc) is 2.24. The predicted molar refractivity (Wildman–Crippen MR) is 61.8 cm³/mol. The first-order valence-corrected chi connectivity index (χ1v) is 6.54. The molecular formula is C10H18N2O2S. The average molecular weight is 230 g/mol. The molecule has 2 N–H and O–H groups in total. The summed E-state index contributed by atoms with van der Waals surface area (Å²) in [5, 5.41) is 5.53. The lowest BCUT2D eigenvalue weighted by atomic mass is 10.2. The van der Waals surface area contributed by atoms with Crippen molar-refractivity contribution in [2.45, 2.75) is 32.2 Å². The van der Waals surface area contributed by atoms with E-state index >= 15 is 0 Å². The van der Waals surface area contributed by atoms with Gasteiger partial charge >= 0.3 is 0 Å². The third-order valence-corrected chi connectivity index (χ3v) is 3.28. The van der Waals surface area contributed by atoms with E-state index in [4.69, 9.17) is 0 Å². The summed E-state index contributed by atoms with van der Waals surface area (Å²) in [5.41, 5.74) is 0. The maximum absolute atomic E-state index is 11.6. The zero-order valence-electron chi connectivity index (χ0n) is 9.04. The molecule has 86 valence electrons. The van der Waals surface area contributed by atoms with Gasteiger partial charge in [0.15, 0.2) is 0 Å². The third-order valence-electron chi connectivity index (χ3n) is 2.25. The molecule has 0 aliphatic carbocycles. The quantitative estimate of drug-likeness (QED) is 0.677. The Morgan fingerprint density at radius 1 is 1.60 bits per heavy atom. The summed E-state index contributed by atoms with van der Waals surface area (Å²) in [5.74, 6) is 1.07. The summed E-state index contributed by atoms with van der Waals surface area (Å²) in [4.78, 5) is 22.6. The van der Waals surface area contributed by atoms with Gasteiger partial charge in [-0.3, -0.25) is 9.59 Å². The van der Waals surface area contributed by atoms with E-state index in [0.29, 0.717) is 18.1 Å². The maximum Gasteiger partial charge on any atom is 0.243 e. The number of unbranched alkanes of at least 4 members (excludes halogenated alkanes) is 2. The van der Waals surface area contributed by atoms with E-state index in [1.165, 1.54) is 11.8 Å². The first kappa shape index (κ1) is 12.4. The van der Waals surface area contributed by atoms with Crippen LogP contribution >= 0.6 is 11.8 Å². The van der Waals surface area contributed by atoms with Crippen LogP contribution in [0.5, 0.6) is 0 Å². The van der Waals surface area contributed by atoms with Crippen molar-refractivity contribution in [2.24, 2.45) is 0 Å². The normalized spacial score (nSPS) is 20.9. The van der Waals surface area contributed by atoms with Crippen LogP contribution in [0, 0.1) is 0 Å². The first-order valence-electron chi connectivity index (χ1n) is 5.39. The second-order valence-corrected chi connectivity index (χ2v) is 4.66. The van der Waals surface area contributed by atoms with Gasteiger partial charge in [0.2, 0.25) is 11.8 Å². The Morgan fingerprint density at radius 2 is 2.40 bits per heavy atom. The van der Waals surface area contributed by atoms with Crippen LogP contribution in [-0.2, 0) is 9.59 Å². The molecule has 1 aliphatic rings. The van der Waals surface area contributed by atoms with Crippen molar-refractivity contribution in [3.8, 4) is 0 Å². The number of thioether (sulfide) groups is 1. The SMILES string of the molecule is CCCCCNC(=O)C1CSCC(=O)N1. The first-order chi connectivity index (χ1) is 7.24. The van der Waals surface area contributed by atoms with Crippen LogP contribution in [0.15, 0.2) is 0 Å². The smallest absolute Gasteiger partial charge is 0.243 e. The molecule has 0 saturated carbocycles. The van der Waals surface area contributed by atoms with Gasteiger partial charge in [-0.25, -0.2) is 0 Å². The summed E-state index contributed by atoms with van der Waals surface area (Å²) < 4.78 is 0. The van der Waals surface area contributed by atoms with Crippen LogP contribution in [0.2, 0.25) is 0 Å². The number of amides is 2. The van der Waals surface area contributed by atoms with Crippen LogP contribution in [-0.4, -0.2) is 35.9 Å². The highest BCUT2D eigenvalue weighted by atomic mass is 32.2. The van der Waals surface area contributed by atoms with E-state index in [-0.39, 0.29) is 17.9 Å². The lowest BCUT2D eigenvalue weighted by Crippen LogP contribution is -2.51. The Labute approximate surface area is 94.6 Å². The van der Waals surface area contributed by atoms with E-state index in [0.717, 1.165) is 19.3 Å². The fourth-order valence-electron chi connectivity index (χ4n) is 1.40. The van der Waals surface area contributed by atoms with E-state index in [1.807, 2.05) is 0 Å². The molecule has 1 unspecified atom stereocenters. The number of hydrogen-bond donors (Lipinski definition) is 2. The Kier molecular flexibility index (Phi) is 5.53. The molecule has 1 rings (SSSR count). The Morgan fingerprint density at radius 3 is 3.07 bits per heavy atom. The van der Waals surface area contributed by atoms with Crippen LogP contribution in [0.1, 0.15) is 26.2 Å². The molecule has 5 heteroatoms. The molecule has 2 amide bonds. The van der Waals surface area contributed by atoms with Gasteiger partial charge in [0.25, 0.3) is 0 Å². The fourth-order valence-corrected chi connectivity index (χ4v) is 2.26. The van der Waals surface area contributed by atoms with Gasteiger partial charge in [0.1, 0.15) is 6.04 Å². The molecular weight excluding hydrogens is 212 g/mol. The van der Waals surface area contributed by atoms with Crippen molar-refractivity contribution in [1.82, 2.24) is 10.6 Å². The highest BCUT2D eigenvalue weighted by Crippen LogP contribution is 2.08. The molecule has 1 aliphatic heterocycles. The summed E-state index contributed by atoms with van der Waals surface area (Å²) in [6, 6.07) is -0.335. The Bertz CT molecular complexity index is 233. The van der Waals surface area contributed by atoms with Gasteiger partial charge in [-0.05, 0) is 6.42 Å². The minimum Gasteiger partial charge on any atom is -0.354 e. The number of hydrogen-bond acceptors (Lipinski definition) is 3. The summed E-state index contributed by atoms with van der Waals surface area (Å²) in [6.07, 6.45) is 3.29. The topological polar surface area (TPSA) is 58.2 Å². The Balaban J connectivity index is 2.18. The van der Waals surface area contributed by atoms with E-state index in [2.05, 4.69) is 17.6 Å². The molecule has 0 spiro atoms. The zero-order chi connectivity index (χ0) is 11.1. The van der Waals surface area contributed by atoms with Crippen molar-refractivity contribution in [3.05, 3.63) is 0 Å². The van der Waals surface area contributed by atoms with Crippen LogP contribution in [0.3, 0.4) is 0 Å². The predicted octanol–water partition coefficient (Wildman–Crippen LogP) is 0.524. The van der Waals surface area contributed by atoms with Crippen molar-refractivity contribution < 1.29 is 9.59 Å². The number of carbonyl (C=O) groups excluding carboxylic acids is 2. The molecule has 0 bridgehead atoms. The molecule has 1 fully saturated rings. The van der Waals surface area contributed by atoms with Gasteiger partial charge in [-0.2, -0.15) is 0 Å². The van der Waals surface area contributed by atoms with Gasteiger partial charge in [-0.1, -0.05) is 19.8 Å². The second-order valence-electron chi connectivity index (χ2n) is 3.63. The molecule has 1 atom stereocenters. The molecule has 0 aromatic carbocycles. The summed E-state index contributed by atoms with van der Waals surface area (Å²) in [6.45, 7) is 2.84. The molecule has 15 heavy (non-hydrogen) atoms. The monoisotopic (exact) mass is 230 g/mol. The zero-order valence-corrected chi connectivity index (χ0v) is 9.86. The van der Waals surface area contributed by atoms with Gasteiger partial charge in [0, 0.05) is 12.3 Å². The fraction of sp³-hybridized carbons (Fsp3) is 0.800. The van der Waals surface area contributed by atoms with Crippen LogP contribution in [0.25, 0.3) is 0 Å². The minimum atomic E-state index is -0.335. The molecule has 0 aromatic heterocycles. The molecule has 1 saturated heterocycles. The largest absolute Gasteiger partial charge is 0.354 e. The van der Waals surface area contributed by atoms with Crippen LogP contribution in [0.4, 0.5) is 0 Å². The standard InChI is InChI=1S/C10H18N2O2S/c1-2-3-4-5-11-10(14)8-6-15-7-9(13)12-8/h8H,2-7H2,1H3,(H,11,14)(H,12,13). The molecule has 1 heterocycles. The summed E-state index contributed by atoms with van der Waals surface area (Å²) >= 11 is 1.51. The van der Waals surface area contributed by atoms with Crippen molar-refractivity contribution in [3.63, 3.8) is 0 Å². The van der Waals surface area contributed by atoms with E-state index in [1.54, 1.807) is 0 Å². The molecule has 4 nitrogen and oxygen atoms in total. The lowest BCUT2D eigenvalue weighted by molar-refractivity contribution is -0.127. The summed E-state index contributed by atoms with van der Waals surface area (Å²) in [7, 11) is 0. The van der Waals surface area contributed by atoms with Crippen molar-refractivity contribution in [2.75, 3.05) is 18.1 Å². The van der Waals surface area contributed by atoms with Crippen LogP contribution < -0.4 is 10.6 Å². The number of rotatable bonds is 5. The van der Waals surface area contributed by atoms with E-state index in [9.17, 15) is 9.59 Å². The third kappa shape index (κ3) is 4.55.